The molecule has 0 aromatic heterocycles. The number of rotatable bonds is 5. The second-order valence-electron chi connectivity index (χ2n) is 4.63. The van der Waals surface area contributed by atoms with Crippen molar-refractivity contribution in [3.63, 3.8) is 0 Å². The van der Waals surface area contributed by atoms with E-state index in [1.54, 1.807) is 0 Å². The van der Waals surface area contributed by atoms with Crippen LogP contribution in [0.1, 0.15) is 31.4 Å². The summed E-state index contributed by atoms with van der Waals surface area (Å²) in [5, 5.41) is 3.24. The van der Waals surface area contributed by atoms with Crippen LogP contribution in [-0.2, 0) is 0 Å². The van der Waals surface area contributed by atoms with Gasteiger partial charge in [0.2, 0.25) is 0 Å². The highest BCUT2D eigenvalue weighted by molar-refractivity contribution is 7.80. The Morgan fingerprint density at radius 3 is 2.39 bits per heavy atom. The van der Waals surface area contributed by atoms with Crippen LogP contribution in [0.15, 0.2) is 24.3 Å². The molecule has 0 fully saturated rings. The average molecular weight is 287 g/mol. The fourth-order valence-corrected chi connectivity index (χ4v) is 1.74. The van der Waals surface area contributed by atoms with Gasteiger partial charge in [-0.1, -0.05) is 62.3 Å². The van der Waals surface area contributed by atoms with E-state index in [1.165, 1.54) is 5.56 Å². The van der Waals surface area contributed by atoms with E-state index in [2.05, 4.69) is 38.2 Å². The highest BCUT2D eigenvalue weighted by Gasteiger charge is 2.11. The summed E-state index contributed by atoms with van der Waals surface area (Å²) in [5.74, 6) is 0.517. The minimum Gasteiger partial charge on any atom is -0.374 e. The highest BCUT2D eigenvalue weighted by atomic mass is 35.5. The average Bonchev–Trinajstić information content (AvgIpc) is 2.35. The number of aryl methyl sites for hydroxylation is 1. The van der Waals surface area contributed by atoms with Gasteiger partial charge < -0.3 is 11.1 Å². The van der Waals surface area contributed by atoms with Crippen molar-refractivity contribution in [1.82, 2.24) is 5.32 Å². The quantitative estimate of drug-likeness (QED) is 0.817. The van der Waals surface area contributed by atoms with Crippen LogP contribution >= 0.6 is 24.6 Å². The first-order valence-corrected chi connectivity index (χ1v) is 6.55. The van der Waals surface area contributed by atoms with Crippen LogP contribution in [-0.4, -0.2) is 17.6 Å². The molecule has 2 nitrogen and oxygen atoms in total. The van der Waals surface area contributed by atoms with E-state index in [9.17, 15) is 0 Å². The smallest absolute Gasteiger partial charge is 0.106 e. The van der Waals surface area contributed by atoms with Gasteiger partial charge in [0.05, 0.1) is 0 Å². The summed E-state index contributed by atoms with van der Waals surface area (Å²) in [4.78, 5) is 0.781. The molecule has 0 aliphatic carbocycles. The Morgan fingerprint density at radius 2 is 1.89 bits per heavy atom. The molecule has 1 aromatic carbocycles. The lowest BCUT2D eigenvalue weighted by molar-refractivity contribution is 0.439. The molecule has 0 spiro atoms. The van der Waals surface area contributed by atoms with E-state index < -0.39 is 0 Å². The van der Waals surface area contributed by atoms with Gasteiger partial charge in [-0.15, -0.1) is 12.4 Å². The molecule has 0 saturated heterocycles. The molecule has 0 aliphatic rings. The van der Waals surface area contributed by atoms with E-state index in [4.69, 9.17) is 18.0 Å². The van der Waals surface area contributed by atoms with Crippen LogP contribution in [0.3, 0.4) is 0 Å². The van der Waals surface area contributed by atoms with Gasteiger partial charge in [0.25, 0.3) is 0 Å². The van der Waals surface area contributed by atoms with Gasteiger partial charge in [0, 0.05) is 18.2 Å². The van der Waals surface area contributed by atoms with Gasteiger partial charge in [-0.3, -0.25) is 0 Å². The van der Waals surface area contributed by atoms with Gasteiger partial charge in [0.1, 0.15) is 4.99 Å². The van der Waals surface area contributed by atoms with Crippen molar-refractivity contribution in [3.8, 4) is 0 Å². The molecule has 0 aliphatic heterocycles. The Morgan fingerprint density at radius 1 is 1.33 bits per heavy atom. The van der Waals surface area contributed by atoms with Gasteiger partial charge >= 0.3 is 0 Å². The minimum atomic E-state index is 0. The predicted octanol–water partition coefficient (Wildman–Crippen LogP) is 3.06. The predicted molar refractivity (Wildman–Crippen MR) is 85.6 cm³/mol. The summed E-state index contributed by atoms with van der Waals surface area (Å²) in [5.41, 5.74) is 8.36. The zero-order valence-electron chi connectivity index (χ0n) is 11.3. The van der Waals surface area contributed by atoms with Crippen LogP contribution in [0.25, 0.3) is 0 Å². The third-order valence-corrected chi connectivity index (χ3v) is 3.57. The van der Waals surface area contributed by atoms with Crippen molar-refractivity contribution in [3.05, 3.63) is 35.4 Å². The maximum atomic E-state index is 6.06. The number of hydrogen-bond donors (Lipinski definition) is 2. The van der Waals surface area contributed by atoms with E-state index in [1.807, 2.05) is 12.1 Å². The van der Waals surface area contributed by atoms with Crippen molar-refractivity contribution in [2.24, 2.45) is 11.7 Å². The fraction of sp³-hybridized carbons (Fsp3) is 0.500. The number of benzene rings is 1. The molecule has 3 N–H and O–H groups in total. The van der Waals surface area contributed by atoms with Crippen LogP contribution in [0, 0.1) is 12.8 Å². The Kier molecular flexibility index (Phi) is 8.16. The highest BCUT2D eigenvalue weighted by Crippen LogP contribution is 2.06. The van der Waals surface area contributed by atoms with Gasteiger partial charge in [-0.05, 0) is 12.8 Å². The summed E-state index contributed by atoms with van der Waals surface area (Å²) >= 11 is 5.34. The fourth-order valence-electron chi connectivity index (χ4n) is 1.52. The maximum Gasteiger partial charge on any atom is 0.106 e. The first-order valence-electron chi connectivity index (χ1n) is 6.15. The molecule has 0 unspecified atom stereocenters. The summed E-state index contributed by atoms with van der Waals surface area (Å²) in [6.45, 7) is 7.13. The lowest BCUT2D eigenvalue weighted by atomic mass is 10.00. The van der Waals surface area contributed by atoms with E-state index in [0.29, 0.717) is 5.92 Å². The molecule has 0 amide bonds. The minimum absolute atomic E-state index is 0. The normalized spacial score (nSPS) is 13.3. The molecular weight excluding hydrogens is 264 g/mol. The molecular formula is C14H23ClN2S. The number of nitrogens with one attached hydrogen (secondary N) is 1. The maximum absolute atomic E-state index is 6.06. The van der Waals surface area contributed by atoms with Crippen LogP contribution in [0.5, 0.6) is 0 Å². The first-order chi connectivity index (χ1) is 8.04. The molecule has 18 heavy (non-hydrogen) atoms. The van der Waals surface area contributed by atoms with Crippen molar-refractivity contribution in [1.29, 1.82) is 0 Å². The Balaban J connectivity index is 0.00000289. The van der Waals surface area contributed by atoms with Crippen molar-refractivity contribution < 1.29 is 0 Å². The van der Waals surface area contributed by atoms with Crippen molar-refractivity contribution in [2.75, 3.05) is 6.54 Å². The Labute approximate surface area is 122 Å². The summed E-state index contributed by atoms with van der Waals surface area (Å²) in [6, 6.07) is 8.37. The third kappa shape index (κ3) is 5.34. The monoisotopic (exact) mass is 286 g/mol. The molecule has 4 heteroatoms. The lowest BCUT2D eigenvalue weighted by Gasteiger charge is -2.19. The molecule has 2 atom stereocenters. The molecule has 102 valence electrons. The summed E-state index contributed by atoms with van der Waals surface area (Å²) in [6.07, 6.45) is 1.10. The van der Waals surface area contributed by atoms with Gasteiger partial charge in [0.15, 0.2) is 0 Å². The SMILES string of the molecule is CC[C@H](C)[C@H](N)CNC(=S)c1ccc(C)cc1.Cl. The van der Waals surface area contributed by atoms with E-state index >= 15 is 0 Å². The van der Waals surface area contributed by atoms with Crippen molar-refractivity contribution >= 4 is 29.6 Å². The Bertz CT molecular complexity index is 365. The summed E-state index contributed by atoms with van der Waals surface area (Å²) in [7, 11) is 0. The topological polar surface area (TPSA) is 38.0 Å². The number of halogens is 1. The zero-order chi connectivity index (χ0) is 12.8. The van der Waals surface area contributed by atoms with Crippen LogP contribution < -0.4 is 11.1 Å². The molecule has 1 rings (SSSR count). The van der Waals surface area contributed by atoms with Gasteiger partial charge in [-0.2, -0.15) is 0 Å². The molecule has 0 saturated carbocycles. The van der Waals surface area contributed by atoms with Gasteiger partial charge in [-0.25, -0.2) is 0 Å². The summed E-state index contributed by atoms with van der Waals surface area (Å²) < 4.78 is 0. The third-order valence-electron chi connectivity index (χ3n) is 3.19. The number of thiocarbonyl (C=S) groups is 1. The second kappa shape index (κ2) is 8.46. The lowest BCUT2D eigenvalue weighted by Crippen LogP contribution is -2.40. The standard InChI is InChI=1S/C14H22N2S.ClH/c1-4-11(3)13(15)9-16-14(17)12-7-5-10(2)6-8-12;/h5-8,11,13H,4,9,15H2,1-3H3,(H,16,17);1H/t11-,13+;/m0./s1. The Hall–Kier alpha value is -0.640. The first kappa shape index (κ1) is 17.4. The second-order valence-corrected chi connectivity index (χ2v) is 5.03. The number of hydrogen-bond acceptors (Lipinski definition) is 2. The molecule has 0 radical (unpaired) electrons. The molecule has 1 aromatic rings. The number of nitrogens with two attached hydrogens (primary N) is 1. The largest absolute Gasteiger partial charge is 0.374 e. The van der Waals surface area contributed by atoms with Crippen molar-refractivity contribution in [2.45, 2.75) is 33.2 Å². The van der Waals surface area contributed by atoms with E-state index in [-0.39, 0.29) is 18.4 Å². The molecule has 0 heterocycles. The van der Waals surface area contributed by atoms with Crippen LogP contribution in [0.2, 0.25) is 0 Å². The zero-order valence-corrected chi connectivity index (χ0v) is 12.9. The molecule has 0 bridgehead atoms. The van der Waals surface area contributed by atoms with E-state index in [0.717, 1.165) is 23.5 Å². The van der Waals surface area contributed by atoms with Crippen LogP contribution in [0.4, 0.5) is 0 Å².